The van der Waals surface area contributed by atoms with Crippen molar-refractivity contribution in [2.24, 2.45) is 0 Å². The van der Waals surface area contributed by atoms with Crippen LogP contribution in [0.4, 0.5) is 17.9 Å². The molecule has 0 aliphatic heterocycles. The number of rotatable bonds is 18. The van der Waals surface area contributed by atoms with Crippen LogP contribution in [0.1, 0.15) is 28.1 Å². The van der Waals surface area contributed by atoms with Gasteiger partial charge in [0.25, 0.3) is 0 Å². The second-order valence-electron chi connectivity index (χ2n) is 29.5. The van der Waals surface area contributed by atoms with E-state index in [2.05, 4.69) is 328 Å². The minimum absolute atomic E-state index is 0. The predicted octanol–water partition coefficient (Wildman–Crippen LogP) is 29.9. The van der Waals surface area contributed by atoms with Gasteiger partial charge in [0.05, 0.1) is 12.5 Å². The standard InChI is InChI=1S/C54H38O4.C54H34O2.CHF3O3S.CH4.FH/c55-51(43-15-3-1-4-16-43)35-57-53-33-50(42-31-27-40(28-32-42)48-24-12-20-38-14-8-10-22-46(38)48)54(58-36-52(56)44-17-5-2-6-18-44)34-49(53)41-29-25-39(26-30-41)47-23-11-19-37-13-7-9-21-45(37)47;1-3-13-37(14-4-1)47-33-55-53-50(42-31-27-40(28-32-42)46-24-12-20-36-18-8-10-22-44(36)46)52-48(38-15-5-2-6-16-38)34-56-54(52)49(51(47)53)41-29-25-39(26-30-41)45-23-11-19-35-17-7-9-21-43(35)45;2-1(3,4)8(5,6)7;;/h1-34H,35-36H2;1-34H;(H,5,6,7);1H4;1H. The first-order chi connectivity index (χ1) is 59.6. The van der Waals surface area contributed by atoms with Gasteiger partial charge in [0.2, 0.25) is 0 Å². The van der Waals surface area contributed by atoms with Crippen molar-refractivity contribution in [3.05, 3.63) is 424 Å². The van der Waals surface area contributed by atoms with Crippen molar-refractivity contribution in [1.29, 1.82) is 0 Å². The zero-order chi connectivity index (χ0) is 83.3. The Kier molecular flexibility index (Phi) is 23.8. The van der Waals surface area contributed by atoms with E-state index in [0.29, 0.717) is 22.6 Å². The molecule has 0 aliphatic rings. The fourth-order valence-electron chi connectivity index (χ4n) is 16.2. The lowest BCUT2D eigenvalue weighted by Crippen LogP contribution is -2.21. The fraction of sp³-hybridized carbons (Fsp3) is 0.0364. The van der Waals surface area contributed by atoms with Gasteiger partial charge in [-0.1, -0.05) is 396 Å². The van der Waals surface area contributed by atoms with Crippen LogP contribution in [0.25, 0.3) is 176 Å². The lowest BCUT2D eigenvalue weighted by molar-refractivity contribution is -0.0510. The van der Waals surface area contributed by atoms with E-state index in [1.165, 1.54) is 65.3 Å². The molecule has 0 radical (unpaired) electrons. The first-order valence-electron chi connectivity index (χ1n) is 39.7. The summed E-state index contributed by atoms with van der Waals surface area (Å²) in [6, 6.07) is 137. The van der Waals surface area contributed by atoms with Crippen molar-refractivity contribution in [3.63, 3.8) is 0 Å². The number of ketones is 2. The second-order valence-corrected chi connectivity index (χ2v) is 30.9. The third-order valence-electron chi connectivity index (χ3n) is 22.1. The maximum absolute atomic E-state index is 13.4. The van der Waals surface area contributed by atoms with Crippen molar-refractivity contribution in [2.45, 2.75) is 12.9 Å². The molecule has 18 aromatic carbocycles. The normalized spacial score (nSPS) is 11.3. The Hall–Kier alpha value is -15.4. The molecule has 0 saturated heterocycles. The van der Waals surface area contributed by atoms with E-state index >= 15 is 0 Å². The fourth-order valence-corrected chi connectivity index (χ4v) is 16.2. The summed E-state index contributed by atoms with van der Waals surface area (Å²) < 4.78 is 84.0. The molecule has 14 heteroatoms. The summed E-state index contributed by atoms with van der Waals surface area (Å²) >= 11 is 0. The van der Waals surface area contributed by atoms with Crippen LogP contribution in [0.2, 0.25) is 0 Å². The summed E-state index contributed by atoms with van der Waals surface area (Å²) in [5.41, 5.74) is 18.1. The second kappa shape index (κ2) is 35.9. The molecule has 0 fully saturated rings. The number of fused-ring (bicyclic) bond motifs is 6. The third-order valence-corrected chi connectivity index (χ3v) is 22.7. The minimum atomic E-state index is -5.84. The molecule has 0 bridgehead atoms. The number of hydrogen-bond acceptors (Lipinski definition) is 8. The molecule has 1 N–H and O–H groups in total. The first-order valence-corrected chi connectivity index (χ1v) is 41.2. The highest BCUT2D eigenvalue weighted by molar-refractivity contribution is 7.86. The highest BCUT2D eigenvalue weighted by Gasteiger charge is 2.44. The predicted molar refractivity (Wildman–Crippen MR) is 496 cm³/mol. The smallest absolute Gasteiger partial charge is 0.485 e. The number of hydrogen-bond donors (Lipinski definition) is 1. The van der Waals surface area contributed by atoms with E-state index in [0.717, 1.165) is 111 Å². The molecule has 0 spiro atoms. The molecule has 2 aromatic heterocycles. The molecular weight excluding hydrogens is 1570 g/mol. The van der Waals surface area contributed by atoms with Crippen LogP contribution in [0, 0.1) is 0 Å². The van der Waals surface area contributed by atoms with Gasteiger partial charge in [-0.05, 0) is 133 Å². The molecule has 20 aromatic rings. The van der Waals surface area contributed by atoms with Crippen LogP contribution in [0.15, 0.2) is 422 Å². The van der Waals surface area contributed by atoms with E-state index in [1.54, 1.807) is 24.3 Å². The summed E-state index contributed by atoms with van der Waals surface area (Å²) in [5, 5.41) is 11.7. The number of benzene rings is 18. The summed E-state index contributed by atoms with van der Waals surface area (Å²) in [4.78, 5) is 26.8. The Morgan fingerprint density at radius 2 is 0.516 bits per heavy atom. The quantitative estimate of drug-likeness (QED) is 0.0386. The van der Waals surface area contributed by atoms with Crippen LogP contribution in [-0.2, 0) is 10.1 Å². The number of halogens is 4. The number of furan rings is 2. The van der Waals surface area contributed by atoms with Gasteiger partial charge in [0.1, 0.15) is 22.7 Å². The van der Waals surface area contributed by atoms with Crippen LogP contribution >= 0.6 is 0 Å². The van der Waals surface area contributed by atoms with Crippen LogP contribution in [-0.4, -0.2) is 43.3 Å². The highest BCUT2D eigenvalue weighted by Crippen LogP contribution is 2.53. The molecular formula is C110H78F4O9S. The Labute approximate surface area is 713 Å². The summed E-state index contributed by atoms with van der Waals surface area (Å²) in [5.74, 6) is 0.786. The van der Waals surface area contributed by atoms with Gasteiger partial charge in [-0.2, -0.15) is 21.6 Å². The Balaban J connectivity index is 0.000000166. The van der Waals surface area contributed by atoms with Gasteiger partial charge in [-0.25, -0.2) is 0 Å². The number of ether oxygens (including phenoxy) is 2. The SMILES string of the molecule is C.F.O=C(COc1cc(-c2ccc(-c3cccc4ccccc34)cc2)c(OCC(=O)c2ccccc2)cc1-c1ccc(-c2cccc3ccccc23)cc1)c1ccccc1.O=S(=O)(O)C(F)(F)F.c1ccc(-c2coc3c(-c4ccc(-c5cccc6ccccc56)cc4)c4c(-c5ccccc5)coc4c(-c4ccc(-c5cccc6ccccc56)cc4)c23)cc1. The average Bonchev–Trinajstić information content (AvgIpc) is 1.54. The first kappa shape index (κ1) is 82.4. The van der Waals surface area contributed by atoms with Crippen LogP contribution in [0.3, 0.4) is 0 Å². The zero-order valence-corrected chi connectivity index (χ0v) is 66.7. The van der Waals surface area contributed by atoms with Gasteiger partial charge < -0.3 is 18.3 Å². The third kappa shape index (κ3) is 16.9. The van der Waals surface area contributed by atoms with Crippen molar-refractivity contribution in [1.82, 2.24) is 0 Å². The number of carbonyl (C=O) groups is 2. The molecule has 0 saturated carbocycles. The van der Waals surface area contributed by atoms with Gasteiger partial charge in [0.15, 0.2) is 24.8 Å². The van der Waals surface area contributed by atoms with Crippen molar-refractivity contribution < 1.29 is 58.7 Å². The average molecular weight is 1650 g/mol. The number of carbonyl (C=O) groups excluding carboxylic acids is 2. The Bertz CT molecular complexity index is 6940. The van der Waals surface area contributed by atoms with E-state index in [9.17, 15) is 22.8 Å². The number of alkyl halides is 3. The molecule has 0 aliphatic carbocycles. The highest BCUT2D eigenvalue weighted by atomic mass is 32.2. The Morgan fingerprint density at radius 3 is 0.790 bits per heavy atom. The van der Waals surface area contributed by atoms with Gasteiger partial charge in [0, 0.05) is 55.3 Å². The van der Waals surface area contributed by atoms with Crippen molar-refractivity contribution in [2.75, 3.05) is 13.2 Å². The van der Waals surface area contributed by atoms with Crippen LogP contribution in [0.5, 0.6) is 11.5 Å². The van der Waals surface area contributed by atoms with Crippen LogP contribution < -0.4 is 9.47 Å². The van der Waals surface area contributed by atoms with Gasteiger partial charge in [-0.15, -0.1) is 0 Å². The molecule has 0 amide bonds. The maximum Gasteiger partial charge on any atom is 0.522 e. The minimum Gasteiger partial charge on any atom is -0.485 e. The topological polar surface area (TPSA) is 133 Å². The molecule has 2 heterocycles. The van der Waals surface area contributed by atoms with E-state index in [1.807, 2.05) is 61.1 Å². The maximum atomic E-state index is 13.4. The molecule has 124 heavy (non-hydrogen) atoms. The van der Waals surface area contributed by atoms with Gasteiger partial charge in [-0.3, -0.25) is 18.8 Å². The molecule has 0 unspecified atom stereocenters. The molecule has 606 valence electrons. The monoisotopic (exact) mass is 1650 g/mol. The van der Waals surface area contributed by atoms with Crippen molar-refractivity contribution in [3.8, 4) is 123 Å². The molecule has 9 nitrogen and oxygen atoms in total. The lowest BCUT2D eigenvalue weighted by Gasteiger charge is -2.19. The largest absolute Gasteiger partial charge is 0.522 e. The summed E-state index contributed by atoms with van der Waals surface area (Å²) in [7, 11) is -5.84. The van der Waals surface area contributed by atoms with E-state index < -0.39 is 15.6 Å². The zero-order valence-electron chi connectivity index (χ0n) is 65.8. The summed E-state index contributed by atoms with van der Waals surface area (Å²) in [6.07, 6.45) is 3.84. The number of Topliss-reactive ketones (excluding diaryl/α,β-unsaturated/α-hetero) is 2. The van der Waals surface area contributed by atoms with Crippen molar-refractivity contribution >= 4 is 86.7 Å². The molecule has 0 atom stereocenters. The summed E-state index contributed by atoms with van der Waals surface area (Å²) in [6.45, 7) is -0.311. The Morgan fingerprint density at radius 1 is 0.290 bits per heavy atom. The van der Waals surface area contributed by atoms with E-state index in [-0.39, 0.29) is 36.9 Å². The lowest BCUT2D eigenvalue weighted by atomic mass is 9.87. The molecule has 20 rings (SSSR count). The van der Waals surface area contributed by atoms with Gasteiger partial charge >= 0.3 is 15.6 Å². The van der Waals surface area contributed by atoms with E-state index in [4.69, 9.17) is 31.3 Å².